The van der Waals surface area contributed by atoms with E-state index < -0.39 is 12.1 Å². The van der Waals surface area contributed by atoms with Crippen LogP contribution >= 0.6 is 11.3 Å². The molecule has 1 aliphatic heterocycles. The third kappa shape index (κ3) is 13.2. The minimum atomic E-state index is -0.713. The fourth-order valence-electron chi connectivity index (χ4n) is 5.91. The minimum Gasteiger partial charge on any atom is -0.444 e. The van der Waals surface area contributed by atoms with E-state index in [1.54, 1.807) is 16.6 Å². The summed E-state index contributed by atoms with van der Waals surface area (Å²) in [5.74, 6) is -0.269. The predicted molar refractivity (Wildman–Crippen MR) is 183 cm³/mol. The molecule has 11 heteroatoms. The van der Waals surface area contributed by atoms with Crippen molar-refractivity contribution in [2.24, 2.45) is 5.92 Å². The van der Waals surface area contributed by atoms with E-state index in [4.69, 9.17) is 4.74 Å². The average molecular weight is 662 g/mol. The van der Waals surface area contributed by atoms with Gasteiger partial charge in [0, 0.05) is 45.2 Å². The molecule has 0 unspecified atom stereocenters. The van der Waals surface area contributed by atoms with Crippen LogP contribution in [0.2, 0.25) is 0 Å². The number of ketones is 1. The van der Waals surface area contributed by atoms with Gasteiger partial charge in [0.2, 0.25) is 5.91 Å². The molecule has 4 amide bonds. The molecule has 1 aliphatic rings. The number of benzene rings is 2. The molecule has 3 atom stereocenters. The largest absolute Gasteiger partial charge is 0.444 e. The van der Waals surface area contributed by atoms with Gasteiger partial charge in [0.15, 0.2) is 5.78 Å². The lowest BCUT2D eigenvalue weighted by atomic mass is 9.86. The number of nitrogens with zero attached hydrogens (tertiary/aromatic N) is 2. The zero-order valence-electron chi connectivity index (χ0n) is 27.2. The molecular weight excluding hydrogens is 614 g/mol. The standard InChI is InChI=1S/C36H47N5O5S/c1-27(42)38-18-17-33(40-35(44)41-19-9-4-10-20-41)34(43)23-30(21-28-11-5-2-6-12-28)15-16-31(22-29-13-7-3-8-14-29)39-36(45)46-25-32-24-37-26-47-32/h2-3,5-8,11-14,24,26,30-31,33H,4,9-10,15-23,25H2,1H3,(H,38,42)(H,39,45)(H,40,44)/t30-,31-,33-/m0/s1. The number of likely N-dealkylation sites (tertiary alicyclic amines) is 1. The molecule has 0 radical (unpaired) electrons. The smallest absolute Gasteiger partial charge is 0.407 e. The molecule has 47 heavy (non-hydrogen) atoms. The number of carbonyl (C=O) groups excluding carboxylic acids is 4. The van der Waals surface area contributed by atoms with E-state index in [1.807, 2.05) is 48.5 Å². The van der Waals surface area contributed by atoms with E-state index >= 15 is 0 Å². The molecule has 0 aliphatic carbocycles. The Balaban J connectivity index is 1.45. The van der Waals surface area contributed by atoms with Gasteiger partial charge in [0.05, 0.1) is 16.4 Å². The van der Waals surface area contributed by atoms with Crippen LogP contribution in [0, 0.1) is 5.92 Å². The number of thiazole rings is 1. The number of hydrogen-bond acceptors (Lipinski definition) is 7. The second-order valence-electron chi connectivity index (χ2n) is 12.2. The van der Waals surface area contributed by atoms with Crippen LogP contribution in [0.3, 0.4) is 0 Å². The number of nitrogens with one attached hydrogen (secondary N) is 3. The monoisotopic (exact) mass is 661 g/mol. The summed E-state index contributed by atoms with van der Waals surface area (Å²) in [7, 11) is 0. The summed E-state index contributed by atoms with van der Waals surface area (Å²) >= 11 is 1.43. The van der Waals surface area contributed by atoms with Crippen molar-refractivity contribution in [3.8, 4) is 0 Å². The van der Waals surface area contributed by atoms with E-state index in [-0.39, 0.29) is 42.7 Å². The first-order valence-corrected chi connectivity index (χ1v) is 17.4. The van der Waals surface area contributed by atoms with Crippen LogP contribution in [0.1, 0.15) is 67.9 Å². The molecule has 1 fully saturated rings. The highest BCUT2D eigenvalue weighted by Gasteiger charge is 2.27. The first-order chi connectivity index (χ1) is 22.9. The number of piperidine rings is 1. The van der Waals surface area contributed by atoms with E-state index in [9.17, 15) is 19.2 Å². The lowest BCUT2D eigenvalue weighted by Crippen LogP contribution is -2.50. The molecule has 1 aromatic heterocycles. The highest BCUT2D eigenvalue weighted by molar-refractivity contribution is 7.09. The number of urea groups is 1. The first-order valence-electron chi connectivity index (χ1n) is 16.6. The molecule has 1 saturated heterocycles. The zero-order valence-corrected chi connectivity index (χ0v) is 28.0. The van der Waals surface area contributed by atoms with Crippen molar-refractivity contribution in [2.75, 3.05) is 19.6 Å². The van der Waals surface area contributed by atoms with Gasteiger partial charge >= 0.3 is 12.1 Å². The number of ether oxygens (including phenoxy) is 1. The number of hydrogen-bond donors (Lipinski definition) is 3. The number of alkyl carbamates (subject to hydrolysis) is 1. The second-order valence-corrected chi connectivity index (χ2v) is 13.2. The van der Waals surface area contributed by atoms with E-state index in [0.29, 0.717) is 51.7 Å². The third-order valence-electron chi connectivity index (χ3n) is 8.39. The molecule has 2 aromatic carbocycles. The number of aromatic nitrogens is 1. The summed E-state index contributed by atoms with van der Waals surface area (Å²) in [6, 6.07) is 18.9. The van der Waals surface area contributed by atoms with Crippen molar-refractivity contribution < 1.29 is 23.9 Å². The van der Waals surface area contributed by atoms with E-state index in [1.165, 1.54) is 18.3 Å². The van der Waals surface area contributed by atoms with Gasteiger partial charge in [-0.1, -0.05) is 60.7 Å². The third-order valence-corrected chi connectivity index (χ3v) is 9.15. The number of rotatable bonds is 17. The van der Waals surface area contributed by atoms with Gasteiger partial charge in [-0.3, -0.25) is 14.6 Å². The highest BCUT2D eigenvalue weighted by atomic mass is 32.1. The molecule has 2 heterocycles. The number of Topliss-reactive ketones (excluding diaryl/α,β-unsaturated/α-hetero) is 1. The maximum atomic E-state index is 13.9. The SMILES string of the molecule is CC(=O)NCC[C@H](NC(=O)N1CCCCC1)C(=O)C[C@@H](CC[C@@H](Cc1ccccc1)NC(=O)OCc1cncs1)Cc1ccccc1. The molecule has 0 bridgehead atoms. The van der Waals surface area contributed by atoms with Gasteiger partial charge in [0.1, 0.15) is 6.61 Å². The van der Waals surface area contributed by atoms with Gasteiger partial charge in [-0.05, 0) is 68.4 Å². The maximum Gasteiger partial charge on any atom is 0.407 e. The molecule has 3 N–H and O–H groups in total. The molecule has 10 nitrogen and oxygen atoms in total. The van der Waals surface area contributed by atoms with Crippen molar-refractivity contribution in [2.45, 2.75) is 83.4 Å². The lowest BCUT2D eigenvalue weighted by molar-refractivity contribution is -0.123. The molecule has 0 saturated carbocycles. The average Bonchev–Trinajstić information content (AvgIpc) is 3.61. The first kappa shape index (κ1) is 35.6. The van der Waals surface area contributed by atoms with Crippen LogP contribution in [0.5, 0.6) is 0 Å². The Kier molecular flexibility index (Phi) is 14.7. The highest BCUT2D eigenvalue weighted by Crippen LogP contribution is 2.22. The Morgan fingerprint density at radius 1 is 0.872 bits per heavy atom. The second kappa shape index (κ2) is 19.4. The van der Waals surface area contributed by atoms with Crippen molar-refractivity contribution in [3.05, 3.63) is 88.4 Å². The maximum absolute atomic E-state index is 13.9. The summed E-state index contributed by atoms with van der Waals surface area (Å²) in [5.41, 5.74) is 3.91. The molecule has 0 spiro atoms. The molecular formula is C36H47N5O5S. The van der Waals surface area contributed by atoms with Crippen molar-refractivity contribution in [3.63, 3.8) is 0 Å². The fraction of sp³-hybridized carbons (Fsp3) is 0.472. The number of carbonyl (C=O) groups is 4. The van der Waals surface area contributed by atoms with Crippen LogP contribution < -0.4 is 16.0 Å². The molecule has 4 rings (SSSR count). The molecule has 3 aromatic rings. The van der Waals surface area contributed by atoms with Gasteiger partial charge in [-0.2, -0.15) is 0 Å². The summed E-state index contributed by atoms with van der Waals surface area (Å²) in [5, 5.41) is 8.81. The Hall–Kier alpha value is -4.25. The van der Waals surface area contributed by atoms with Crippen LogP contribution in [0.25, 0.3) is 0 Å². The van der Waals surface area contributed by atoms with Gasteiger partial charge in [-0.15, -0.1) is 11.3 Å². The van der Waals surface area contributed by atoms with Crippen LogP contribution in [-0.4, -0.2) is 65.4 Å². The normalized spacial score (nSPS) is 14.8. The fourth-order valence-corrected chi connectivity index (χ4v) is 6.42. The Morgan fingerprint density at radius 3 is 2.19 bits per heavy atom. The molecule has 252 valence electrons. The van der Waals surface area contributed by atoms with Gasteiger partial charge in [0.25, 0.3) is 0 Å². The summed E-state index contributed by atoms with van der Waals surface area (Å²) in [6.07, 6.45) is 7.37. The van der Waals surface area contributed by atoms with Crippen LogP contribution in [-0.2, 0) is 33.8 Å². The van der Waals surface area contributed by atoms with Crippen LogP contribution in [0.15, 0.2) is 72.4 Å². The minimum absolute atomic E-state index is 0.0339. The lowest BCUT2D eigenvalue weighted by Gasteiger charge is -2.29. The quantitative estimate of drug-likeness (QED) is 0.171. The van der Waals surface area contributed by atoms with E-state index in [0.717, 1.165) is 35.3 Å². The van der Waals surface area contributed by atoms with Gasteiger partial charge < -0.3 is 25.6 Å². The Labute approximate surface area is 281 Å². The van der Waals surface area contributed by atoms with E-state index in [2.05, 4.69) is 33.1 Å². The van der Waals surface area contributed by atoms with Crippen LogP contribution in [0.4, 0.5) is 9.59 Å². The van der Waals surface area contributed by atoms with Crippen molar-refractivity contribution in [1.82, 2.24) is 25.8 Å². The van der Waals surface area contributed by atoms with Crippen molar-refractivity contribution in [1.29, 1.82) is 0 Å². The number of amides is 4. The predicted octanol–water partition coefficient (Wildman–Crippen LogP) is 5.67. The summed E-state index contributed by atoms with van der Waals surface area (Å²) in [6.45, 7) is 3.24. The zero-order chi connectivity index (χ0) is 33.3. The Morgan fingerprint density at radius 2 is 1.55 bits per heavy atom. The Bertz CT molecular complexity index is 1380. The van der Waals surface area contributed by atoms with Crippen molar-refractivity contribution >= 4 is 35.2 Å². The van der Waals surface area contributed by atoms with Gasteiger partial charge in [-0.25, -0.2) is 9.59 Å². The summed E-state index contributed by atoms with van der Waals surface area (Å²) in [4.78, 5) is 58.1. The topological polar surface area (TPSA) is 130 Å². The summed E-state index contributed by atoms with van der Waals surface area (Å²) < 4.78 is 5.49.